The third-order valence-electron chi connectivity index (χ3n) is 4.67. The normalized spacial score (nSPS) is 13.0. The lowest BCUT2D eigenvalue weighted by Gasteiger charge is -2.27. The number of benzene rings is 2. The monoisotopic (exact) mass is 412 g/mol. The predicted octanol–water partition coefficient (Wildman–Crippen LogP) is 3.10. The van der Waals surface area contributed by atoms with Gasteiger partial charge in [0, 0.05) is 20.1 Å². The highest BCUT2D eigenvalue weighted by Gasteiger charge is 2.38. The Kier molecular flexibility index (Phi) is 6.95. The molecule has 0 aliphatic rings. The van der Waals surface area contributed by atoms with Crippen LogP contribution < -0.4 is 5.32 Å². The smallest absolute Gasteiger partial charge is 0.317 e. The van der Waals surface area contributed by atoms with E-state index in [-0.39, 0.29) is 12.5 Å². The average Bonchev–Trinajstić information content (AvgIpc) is 3.14. The summed E-state index contributed by atoms with van der Waals surface area (Å²) < 4.78 is 11.4. The molecule has 3 rings (SSSR count). The van der Waals surface area contributed by atoms with Crippen molar-refractivity contribution in [1.82, 2.24) is 10.3 Å². The highest BCUT2D eigenvalue weighted by molar-refractivity contribution is 7.18. The van der Waals surface area contributed by atoms with Crippen molar-refractivity contribution in [2.75, 3.05) is 26.9 Å². The molecule has 1 heterocycles. The van der Waals surface area contributed by atoms with Crippen molar-refractivity contribution in [1.29, 1.82) is 0 Å². The van der Waals surface area contributed by atoms with Gasteiger partial charge in [0.25, 0.3) is 5.91 Å². The number of fused-ring (bicyclic) bond motifs is 1. The van der Waals surface area contributed by atoms with Gasteiger partial charge in [-0.05, 0) is 24.6 Å². The van der Waals surface area contributed by atoms with Crippen LogP contribution >= 0.6 is 11.3 Å². The van der Waals surface area contributed by atoms with Crippen molar-refractivity contribution in [3.05, 3.63) is 65.2 Å². The van der Waals surface area contributed by atoms with E-state index in [1.807, 2.05) is 61.5 Å². The first kappa shape index (κ1) is 21.0. The van der Waals surface area contributed by atoms with Gasteiger partial charge in [-0.2, -0.15) is 0 Å². The van der Waals surface area contributed by atoms with E-state index < -0.39 is 11.4 Å². The number of para-hydroxylation sites is 1. The highest BCUT2D eigenvalue weighted by atomic mass is 32.1. The fourth-order valence-corrected chi connectivity index (χ4v) is 4.15. The van der Waals surface area contributed by atoms with E-state index in [0.29, 0.717) is 19.6 Å². The van der Waals surface area contributed by atoms with Crippen LogP contribution in [0.15, 0.2) is 54.6 Å². The van der Waals surface area contributed by atoms with Gasteiger partial charge in [-0.1, -0.05) is 42.5 Å². The fraction of sp³-hybridized carbons (Fsp3) is 0.318. The minimum absolute atomic E-state index is 0.329. The third-order valence-corrected chi connectivity index (χ3v) is 5.70. The molecule has 0 bridgehead atoms. The van der Waals surface area contributed by atoms with Crippen molar-refractivity contribution >= 4 is 33.4 Å². The van der Waals surface area contributed by atoms with E-state index in [0.717, 1.165) is 20.8 Å². The topological polar surface area (TPSA) is 77.5 Å². The zero-order valence-corrected chi connectivity index (χ0v) is 17.3. The summed E-state index contributed by atoms with van der Waals surface area (Å²) >= 11 is 1.56. The Balaban J connectivity index is 1.78. The highest BCUT2D eigenvalue weighted by Crippen LogP contribution is 2.33. The Morgan fingerprint density at radius 3 is 2.55 bits per heavy atom. The maximum absolute atomic E-state index is 13.1. The quantitative estimate of drug-likeness (QED) is 0.432. The van der Waals surface area contributed by atoms with E-state index in [9.17, 15) is 9.59 Å². The standard InChI is InChI=1S/C22H24N2O4S/c1-22(16-8-4-3-5-9-16,21(26)28-15-19(25)23-12-13-27-2)14-20-24-17-10-6-7-11-18(17)29-20/h3-11H,12-15H2,1-2H3,(H,23,25)/t22-/m0/s1. The van der Waals surface area contributed by atoms with Crippen LogP contribution in [0.4, 0.5) is 0 Å². The molecule has 0 aliphatic carbocycles. The minimum atomic E-state index is -0.956. The molecule has 3 aromatic rings. The fourth-order valence-electron chi connectivity index (χ4n) is 3.03. The summed E-state index contributed by atoms with van der Waals surface area (Å²) in [5.74, 6) is -0.810. The zero-order chi connectivity index (χ0) is 20.7. The van der Waals surface area contributed by atoms with E-state index in [1.165, 1.54) is 0 Å². The molecule has 2 aromatic carbocycles. The molecule has 29 heavy (non-hydrogen) atoms. The average molecular weight is 413 g/mol. The number of rotatable bonds is 9. The summed E-state index contributed by atoms with van der Waals surface area (Å²) in [6, 6.07) is 17.3. The van der Waals surface area contributed by atoms with Gasteiger partial charge in [0.05, 0.1) is 27.2 Å². The van der Waals surface area contributed by atoms with Gasteiger partial charge in [-0.25, -0.2) is 4.98 Å². The van der Waals surface area contributed by atoms with E-state index in [1.54, 1.807) is 18.4 Å². The van der Waals surface area contributed by atoms with Gasteiger partial charge in [0.1, 0.15) is 0 Å². The number of ether oxygens (including phenoxy) is 2. The van der Waals surface area contributed by atoms with Crippen molar-refractivity contribution in [2.24, 2.45) is 0 Å². The number of esters is 1. The molecule has 152 valence electrons. The first-order chi connectivity index (χ1) is 14.0. The molecule has 0 unspecified atom stereocenters. The maximum Gasteiger partial charge on any atom is 0.317 e. The predicted molar refractivity (Wildman–Crippen MR) is 113 cm³/mol. The van der Waals surface area contributed by atoms with Gasteiger partial charge >= 0.3 is 5.97 Å². The molecule has 0 radical (unpaired) electrons. The van der Waals surface area contributed by atoms with Gasteiger partial charge < -0.3 is 14.8 Å². The molecule has 0 aliphatic heterocycles. The number of thiazole rings is 1. The molecule has 0 spiro atoms. The molecule has 6 nitrogen and oxygen atoms in total. The molecule has 7 heteroatoms. The van der Waals surface area contributed by atoms with E-state index in [2.05, 4.69) is 10.3 Å². The minimum Gasteiger partial charge on any atom is -0.455 e. The second kappa shape index (κ2) is 9.62. The van der Waals surface area contributed by atoms with Gasteiger partial charge in [-0.15, -0.1) is 11.3 Å². The first-order valence-electron chi connectivity index (χ1n) is 9.36. The number of nitrogens with one attached hydrogen (secondary N) is 1. The van der Waals surface area contributed by atoms with Crippen LogP contribution in [0, 0.1) is 0 Å². The van der Waals surface area contributed by atoms with Crippen LogP contribution in [0.2, 0.25) is 0 Å². The van der Waals surface area contributed by atoms with Crippen LogP contribution in [0.1, 0.15) is 17.5 Å². The molecule has 1 atom stereocenters. The molecule has 0 fully saturated rings. The second-order valence-corrected chi connectivity index (χ2v) is 7.98. The molecule has 0 saturated heterocycles. The lowest BCUT2D eigenvalue weighted by molar-refractivity contribution is -0.154. The summed E-state index contributed by atoms with van der Waals surface area (Å²) in [6.07, 6.45) is 0.389. The lowest BCUT2D eigenvalue weighted by atomic mass is 9.79. The Morgan fingerprint density at radius 2 is 1.83 bits per heavy atom. The van der Waals surface area contributed by atoms with Crippen molar-refractivity contribution < 1.29 is 19.1 Å². The van der Waals surface area contributed by atoms with Crippen LogP contribution in [-0.2, 0) is 30.9 Å². The largest absolute Gasteiger partial charge is 0.455 e. The van der Waals surface area contributed by atoms with E-state index >= 15 is 0 Å². The number of aromatic nitrogens is 1. The van der Waals surface area contributed by atoms with Crippen LogP contribution in [-0.4, -0.2) is 43.7 Å². The molecule has 0 saturated carbocycles. The first-order valence-corrected chi connectivity index (χ1v) is 10.2. The van der Waals surface area contributed by atoms with Crippen molar-refractivity contribution in [3.8, 4) is 0 Å². The molecular formula is C22H24N2O4S. The number of carbonyl (C=O) groups is 2. The number of hydrogen-bond donors (Lipinski definition) is 1. The summed E-state index contributed by atoms with van der Waals surface area (Å²) in [7, 11) is 1.56. The lowest BCUT2D eigenvalue weighted by Crippen LogP contribution is -2.39. The molecule has 1 aromatic heterocycles. The Bertz CT molecular complexity index is 940. The summed E-state index contributed by atoms with van der Waals surface area (Å²) in [5, 5.41) is 3.49. The van der Waals surface area contributed by atoms with Crippen LogP contribution in [0.3, 0.4) is 0 Å². The second-order valence-electron chi connectivity index (χ2n) is 6.87. The Morgan fingerprint density at radius 1 is 1.10 bits per heavy atom. The van der Waals surface area contributed by atoms with Crippen molar-refractivity contribution in [3.63, 3.8) is 0 Å². The Labute approximate surface area is 173 Å². The van der Waals surface area contributed by atoms with Gasteiger partial charge in [0.15, 0.2) is 6.61 Å². The van der Waals surface area contributed by atoms with Crippen molar-refractivity contribution in [2.45, 2.75) is 18.8 Å². The number of hydrogen-bond acceptors (Lipinski definition) is 6. The number of amides is 1. The van der Waals surface area contributed by atoms with Crippen LogP contribution in [0.25, 0.3) is 10.2 Å². The summed E-state index contributed by atoms with van der Waals surface area (Å²) in [5.41, 5.74) is 0.778. The molecular weight excluding hydrogens is 388 g/mol. The third kappa shape index (κ3) is 5.19. The van der Waals surface area contributed by atoms with Gasteiger partial charge in [-0.3, -0.25) is 9.59 Å². The molecule has 1 N–H and O–H groups in total. The maximum atomic E-state index is 13.1. The van der Waals surface area contributed by atoms with Crippen LogP contribution in [0.5, 0.6) is 0 Å². The molecule has 1 amide bonds. The summed E-state index contributed by atoms with van der Waals surface area (Å²) in [4.78, 5) is 29.6. The SMILES string of the molecule is COCCNC(=O)COC(=O)[C@@](C)(Cc1nc2ccccc2s1)c1ccccc1. The zero-order valence-electron chi connectivity index (χ0n) is 16.5. The van der Waals surface area contributed by atoms with E-state index in [4.69, 9.17) is 9.47 Å². The summed E-state index contributed by atoms with van der Waals surface area (Å²) in [6.45, 7) is 2.28. The number of methoxy groups -OCH3 is 1. The number of carbonyl (C=O) groups excluding carboxylic acids is 2. The van der Waals surface area contributed by atoms with Gasteiger partial charge in [0.2, 0.25) is 0 Å². The Hall–Kier alpha value is -2.77. The number of nitrogens with zero attached hydrogens (tertiary/aromatic N) is 1.